The summed E-state index contributed by atoms with van der Waals surface area (Å²) in [6, 6.07) is 9.15. The topological polar surface area (TPSA) is 67.2 Å². The highest BCUT2D eigenvalue weighted by atomic mass is 35.5. The lowest BCUT2D eigenvalue weighted by molar-refractivity contribution is -0.118. The molecule has 2 rings (SSSR count). The van der Waals surface area contributed by atoms with Crippen LogP contribution in [0.1, 0.15) is 17.0 Å². The van der Waals surface area contributed by atoms with E-state index >= 15 is 0 Å². The molecule has 0 aliphatic rings. The minimum Gasteiger partial charge on any atom is -0.272 e. The van der Waals surface area contributed by atoms with Gasteiger partial charge in [0.05, 0.1) is 12.0 Å². The number of aryl methyl sites for hydroxylation is 2. The van der Waals surface area contributed by atoms with Gasteiger partial charge in [0.1, 0.15) is 0 Å². The average molecular weight is 335 g/mol. The number of halogens is 1. The number of aromatic nitrogens is 2. The molecule has 2 aromatic rings. The Morgan fingerprint density at radius 3 is 2.68 bits per heavy atom. The number of thioether (sulfide) groups is 1. The van der Waals surface area contributed by atoms with Crippen molar-refractivity contribution in [1.29, 1.82) is 0 Å². The summed E-state index contributed by atoms with van der Waals surface area (Å²) < 4.78 is 0. The first-order valence-electron chi connectivity index (χ1n) is 6.56. The number of nitrogens with zero attached hydrogens (tertiary/aromatic N) is 3. The summed E-state index contributed by atoms with van der Waals surface area (Å²) in [7, 11) is 0. The summed E-state index contributed by atoms with van der Waals surface area (Å²) in [4.78, 5) is 20.2. The van der Waals surface area contributed by atoms with Gasteiger partial charge in [-0.3, -0.25) is 4.79 Å². The van der Waals surface area contributed by atoms with Gasteiger partial charge in [-0.2, -0.15) is 5.10 Å². The van der Waals surface area contributed by atoms with Crippen LogP contribution in [-0.4, -0.2) is 27.8 Å². The minimum absolute atomic E-state index is 0.197. The van der Waals surface area contributed by atoms with Crippen LogP contribution in [0.25, 0.3) is 0 Å². The molecule has 0 fully saturated rings. The zero-order valence-electron chi connectivity index (χ0n) is 12.2. The summed E-state index contributed by atoms with van der Waals surface area (Å²) in [5.74, 6) is -0.0287. The second-order valence-corrected chi connectivity index (χ2v) is 5.89. The van der Waals surface area contributed by atoms with Gasteiger partial charge in [-0.15, -0.1) is 0 Å². The maximum Gasteiger partial charge on any atom is 0.250 e. The van der Waals surface area contributed by atoms with E-state index in [0.717, 1.165) is 17.0 Å². The molecule has 1 heterocycles. The molecule has 1 N–H and O–H groups in total. The molecule has 1 aromatic heterocycles. The smallest absolute Gasteiger partial charge is 0.250 e. The van der Waals surface area contributed by atoms with Crippen molar-refractivity contribution in [3.63, 3.8) is 0 Å². The van der Waals surface area contributed by atoms with Crippen LogP contribution in [0, 0.1) is 13.8 Å². The van der Waals surface area contributed by atoms with Gasteiger partial charge in [-0.05, 0) is 26.0 Å². The van der Waals surface area contributed by atoms with Crippen LogP contribution in [0.4, 0.5) is 0 Å². The Labute approximate surface area is 138 Å². The van der Waals surface area contributed by atoms with Gasteiger partial charge in [-0.1, -0.05) is 41.6 Å². The van der Waals surface area contributed by atoms with Crippen molar-refractivity contribution in [3.05, 3.63) is 52.3 Å². The number of hydrogen-bond donors (Lipinski definition) is 1. The second-order valence-electron chi connectivity index (χ2n) is 4.54. The molecule has 0 bridgehead atoms. The van der Waals surface area contributed by atoms with Gasteiger partial charge in [0.25, 0.3) is 5.91 Å². The van der Waals surface area contributed by atoms with Crippen LogP contribution in [-0.2, 0) is 4.79 Å². The normalized spacial score (nSPS) is 10.9. The molecule has 114 valence electrons. The molecule has 1 amide bonds. The Kier molecular flexibility index (Phi) is 5.91. The third kappa shape index (κ3) is 5.13. The highest BCUT2D eigenvalue weighted by Crippen LogP contribution is 2.14. The predicted octanol–water partition coefficient (Wildman–Crippen LogP) is 2.99. The Morgan fingerprint density at radius 2 is 2.00 bits per heavy atom. The molecule has 0 unspecified atom stereocenters. The molecule has 0 saturated carbocycles. The average Bonchev–Trinajstić information content (AvgIpc) is 2.46. The van der Waals surface area contributed by atoms with Crippen molar-refractivity contribution in [2.24, 2.45) is 5.10 Å². The van der Waals surface area contributed by atoms with Crippen molar-refractivity contribution in [1.82, 2.24) is 15.4 Å². The molecule has 0 spiro atoms. The largest absolute Gasteiger partial charge is 0.272 e. The van der Waals surface area contributed by atoms with E-state index in [1.54, 1.807) is 6.07 Å². The maximum atomic E-state index is 11.7. The highest BCUT2D eigenvalue weighted by molar-refractivity contribution is 7.99. The fourth-order valence-corrected chi connectivity index (χ4v) is 2.60. The van der Waals surface area contributed by atoms with E-state index < -0.39 is 0 Å². The van der Waals surface area contributed by atoms with E-state index in [4.69, 9.17) is 11.6 Å². The van der Waals surface area contributed by atoms with E-state index in [1.807, 2.05) is 38.1 Å². The predicted molar refractivity (Wildman–Crippen MR) is 89.4 cm³/mol. The Morgan fingerprint density at radius 1 is 1.32 bits per heavy atom. The molecule has 7 heteroatoms. The first kappa shape index (κ1) is 16.5. The lowest BCUT2D eigenvalue weighted by atomic mass is 10.2. The summed E-state index contributed by atoms with van der Waals surface area (Å²) in [6.07, 6.45) is 1.51. The minimum atomic E-state index is -0.226. The van der Waals surface area contributed by atoms with Crippen LogP contribution < -0.4 is 5.43 Å². The fraction of sp³-hybridized carbons (Fsp3) is 0.200. The van der Waals surface area contributed by atoms with Crippen LogP contribution in [0.15, 0.2) is 40.6 Å². The fourth-order valence-electron chi connectivity index (χ4n) is 1.67. The molecule has 0 aliphatic heterocycles. The summed E-state index contributed by atoms with van der Waals surface area (Å²) in [5, 5.41) is 5.05. The summed E-state index contributed by atoms with van der Waals surface area (Å²) >= 11 is 7.26. The molecule has 0 atom stereocenters. The lowest BCUT2D eigenvalue weighted by Gasteiger charge is -2.02. The molecule has 5 nitrogen and oxygen atoms in total. The molecule has 0 saturated heterocycles. The van der Waals surface area contributed by atoms with Crippen LogP contribution in [0.5, 0.6) is 0 Å². The number of amides is 1. The lowest BCUT2D eigenvalue weighted by Crippen LogP contribution is -2.19. The SMILES string of the molecule is Cc1cc(C)nc(SCC(=O)N/N=C\c2ccccc2Cl)n1. The maximum absolute atomic E-state index is 11.7. The number of carbonyl (C=O) groups is 1. The third-order valence-corrected chi connectivity index (χ3v) is 3.78. The van der Waals surface area contributed by atoms with Crippen LogP contribution >= 0.6 is 23.4 Å². The molecular formula is C15H15ClN4OS. The van der Waals surface area contributed by atoms with Gasteiger partial charge in [0.15, 0.2) is 5.16 Å². The Balaban J connectivity index is 1.84. The second kappa shape index (κ2) is 7.91. The zero-order valence-corrected chi connectivity index (χ0v) is 13.8. The van der Waals surface area contributed by atoms with Gasteiger partial charge in [0.2, 0.25) is 0 Å². The van der Waals surface area contributed by atoms with Gasteiger partial charge in [0, 0.05) is 22.0 Å². The first-order valence-corrected chi connectivity index (χ1v) is 7.92. The monoisotopic (exact) mass is 334 g/mol. The molecule has 1 aromatic carbocycles. The zero-order chi connectivity index (χ0) is 15.9. The van der Waals surface area contributed by atoms with Crippen molar-refractivity contribution in [2.75, 3.05) is 5.75 Å². The van der Waals surface area contributed by atoms with Crippen LogP contribution in [0.3, 0.4) is 0 Å². The quantitative estimate of drug-likeness (QED) is 0.395. The standard InChI is InChI=1S/C15H15ClN4OS/c1-10-7-11(2)19-15(18-10)22-9-14(21)20-17-8-12-5-3-4-6-13(12)16/h3-8H,9H2,1-2H3,(H,20,21)/b17-8-. The number of rotatable bonds is 5. The number of hydrazone groups is 1. The van der Waals surface area contributed by atoms with E-state index in [2.05, 4.69) is 20.5 Å². The number of nitrogens with one attached hydrogen (secondary N) is 1. The van der Waals surface area contributed by atoms with Gasteiger partial charge in [-0.25, -0.2) is 15.4 Å². The number of benzene rings is 1. The Bertz CT molecular complexity index is 685. The Hall–Kier alpha value is -1.92. The van der Waals surface area contributed by atoms with Crippen molar-refractivity contribution >= 4 is 35.5 Å². The van der Waals surface area contributed by atoms with Crippen molar-refractivity contribution < 1.29 is 4.79 Å². The highest BCUT2D eigenvalue weighted by Gasteiger charge is 2.05. The molecule has 0 aliphatic carbocycles. The van der Waals surface area contributed by atoms with Crippen molar-refractivity contribution in [3.8, 4) is 0 Å². The van der Waals surface area contributed by atoms with E-state index in [9.17, 15) is 4.79 Å². The number of carbonyl (C=O) groups excluding carboxylic acids is 1. The van der Waals surface area contributed by atoms with E-state index in [-0.39, 0.29) is 11.7 Å². The van der Waals surface area contributed by atoms with E-state index in [1.165, 1.54) is 18.0 Å². The number of hydrogen-bond acceptors (Lipinski definition) is 5. The summed E-state index contributed by atoms with van der Waals surface area (Å²) in [5.41, 5.74) is 4.96. The summed E-state index contributed by atoms with van der Waals surface area (Å²) in [6.45, 7) is 3.79. The molecule has 0 radical (unpaired) electrons. The molecular weight excluding hydrogens is 320 g/mol. The first-order chi connectivity index (χ1) is 10.5. The van der Waals surface area contributed by atoms with Gasteiger partial charge >= 0.3 is 0 Å². The third-order valence-electron chi connectivity index (χ3n) is 2.59. The van der Waals surface area contributed by atoms with Crippen LogP contribution in [0.2, 0.25) is 5.02 Å². The molecule has 22 heavy (non-hydrogen) atoms. The van der Waals surface area contributed by atoms with Crippen molar-refractivity contribution in [2.45, 2.75) is 19.0 Å². The van der Waals surface area contributed by atoms with Gasteiger partial charge < -0.3 is 0 Å². The van der Waals surface area contributed by atoms with E-state index in [0.29, 0.717) is 10.2 Å².